The van der Waals surface area contributed by atoms with Crippen LogP contribution in [0.15, 0.2) is 60.7 Å². The average molecular weight is 739 g/mol. The third kappa shape index (κ3) is 5.51. The number of nitrogens with one attached hydrogen (secondary N) is 2. The maximum Gasteiger partial charge on any atom is 0.0772 e. The molecule has 0 radical (unpaired) electrons. The Morgan fingerprint density at radius 3 is 1.23 bits per heavy atom. The summed E-state index contributed by atoms with van der Waals surface area (Å²) in [6, 6.07) is 21.9. The Bertz CT molecular complexity index is 2520. The van der Waals surface area contributed by atoms with E-state index in [0.717, 1.165) is 96.4 Å². The molecule has 6 aliphatic rings. The molecule has 6 nitrogen and oxygen atoms in total. The predicted molar refractivity (Wildman–Crippen MR) is 228 cm³/mol. The van der Waals surface area contributed by atoms with E-state index >= 15 is 0 Å². The van der Waals surface area contributed by atoms with Gasteiger partial charge >= 0.3 is 0 Å². The number of aliphatic hydroxyl groups excluding tert-OH is 2. The number of aromatic nitrogens is 4. The van der Waals surface area contributed by atoms with Gasteiger partial charge in [0.05, 0.1) is 47.0 Å². The average Bonchev–Trinajstić information content (AvgIpc) is 4.01. The van der Waals surface area contributed by atoms with Crippen LogP contribution in [-0.4, -0.2) is 30.1 Å². The summed E-state index contributed by atoms with van der Waals surface area (Å²) in [7, 11) is 0. The van der Waals surface area contributed by atoms with Crippen molar-refractivity contribution in [2.75, 3.05) is 0 Å². The van der Waals surface area contributed by atoms with E-state index < -0.39 is 0 Å². The highest BCUT2D eigenvalue weighted by Crippen LogP contribution is 2.50. The molecule has 0 atom stereocenters. The molecule has 4 N–H and O–H groups in total. The SMILES string of the molecule is OCc1ccc(-c2c3nc(cc4[nH]c(c5c4CCCC5)c(-c4ccc(CO)cc4)c4[nH]c(cc5nc2C2=C5CCCC2)c2c4CCCC2)C2=C3CCCC2)cc1. The maximum atomic E-state index is 10.0. The fourth-order valence-corrected chi connectivity index (χ4v) is 10.9. The highest BCUT2D eigenvalue weighted by molar-refractivity contribution is 6.04. The van der Waals surface area contributed by atoms with Crippen molar-refractivity contribution in [3.05, 3.63) is 117 Å². The van der Waals surface area contributed by atoms with Gasteiger partial charge in [-0.15, -0.1) is 0 Å². The highest BCUT2D eigenvalue weighted by Gasteiger charge is 2.32. The Labute approximate surface area is 328 Å². The van der Waals surface area contributed by atoms with Crippen LogP contribution in [0.4, 0.5) is 0 Å². The fourth-order valence-electron chi connectivity index (χ4n) is 10.9. The van der Waals surface area contributed by atoms with Gasteiger partial charge in [-0.05, 0) is 182 Å². The fraction of sp³-hybridized carbons (Fsp3) is 0.360. The molecule has 5 heterocycles. The molecule has 0 fully saturated rings. The molecule has 0 saturated heterocycles. The van der Waals surface area contributed by atoms with Crippen molar-refractivity contribution in [1.29, 1.82) is 0 Å². The van der Waals surface area contributed by atoms with Gasteiger partial charge in [0.25, 0.3) is 0 Å². The number of rotatable bonds is 4. The van der Waals surface area contributed by atoms with E-state index in [2.05, 4.69) is 70.6 Å². The first-order valence-electron chi connectivity index (χ1n) is 21.4. The number of aliphatic hydroxyl groups is 2. The summed E-state index contributed by atoms with van der Waals surface area (Å²) in [6.07, 6.45) is 17.8. The van der Waals surface area contributed by atoms with Gasteiger partial charge in [0.2, 0.25) is 0 Å². The summed E-state index contributed by atoms with van der Waals surface area (Å²) in [5, 5.41) is 20.0. The molecule has 6 heteroatoms. The number of hydrogen-bond acceptors (Lipinski definition) is 4. The lowest BCUT2D eigenvalue weighted by Gasteiger charge is -2.18. The Kier molecular flexibility index (Phi) is 8.47. The lowest BCUT2D eigenvalue weighted by molar-refractivity contribution is 0.281. The monoisotopic (exact) mass is 738 g/mol. The van der Waals surface area contributed by atoms with Gasteiger partial charge in [-0.2, -0.15) is 0 Å². The summed E-state index contributed by atoms with van der Waals surface area (Å²) in [6.45, 7) is 0.0640. The standard InChI is InChI=1S/C50H50N4O2/c55-27-29-17-21-31(22-18-29)45-47-37-13-5-1-9-33(37)41(51-47)25-42-34-10-2-6-14-38(34)49(52-42)46(32-23-19-30(28-56)20-24-32)50-40-16-8-4-12-36(40)44(54-50)26-43-35-11-3-7-15-39(35)48(45)53-43/h17-26,51,53,55-56H,1-16,27-28H2. The van der Waals surface area contributed by atoms with Crippen molar-refractivity contribution >= 4 is 44.4 Å². The minimum absolute atomic E-state index is 0.0277. The molecule has 0 amide bonds. The summed E-state index contributed by atoms with van der Waals surface area (Å²) in [4.78, 5) is 19.6. The van der Waals surface area contributed by atoms with Crippen LogP contribution in [0.3, 0.4) is 0 Å². The Morgan fingerprint density at radius 1 is 0.429 bits per heavy atom. The molecule has 2 aliphatic heterocycles. The first kappa shape index (κ1) is 34.2. The van der Waals surface area contributed by atoms with Crippen molar-refractivity contribution in [2.45, 2.75) is 116 Å². The van der Waals surface area contributed by atoms with Crippen molar-refractivity contribution in [3.63, 3.8) is 0 Å². The van der Waals surface area contributed by atoms with Crippen molar-refractivity contribution < 1.29 is 10.2 Å². The van der Waals surface area contributed by atoms with Gasteiger partial charge < -0.3 is 20.2 Å². The zero-order chi connectivity index (χ0) is 37.3. The van der Waals surface area contributed by atoms with Crippen LogP contribution in [0.25, 0.3) is 66.6 Å². The summed E-state index contributed by atoms with van der Waals surface area (Å²) in [5.41, 5.74) is 27.2. The van der Waals surface area contributed by atoms with Gasteiger partial charge in [-0.25, -0.2) is 9.97 Å². The number of benzene rings is 2. The van der Waals surface area contributed by atoms with Gasteiger partial charge in [0, 0.05) is 22.2 Å². The molecule has 0 saturated carbocycles. The molecule has 4 aliphatic carbocycles. The molecule has 0 spiro atoms. The molecule has 11 rings (SSSR count). The molecular weight excluding hydrogens is 689 g/mol. The molecule has 5 aromatic rings. The van der Waals surface area contributed by atoms with Gasteiger partial charge in [-0.1, -0.05) is 48.5 Å². The first-order chi connectivity index (χ1) is 27.7. The number of nitrogens with zero attached hydrogens (tertiary/aromatic N) is 2. The number of aryl methyl sites for hydroxylation is 4. The van der Waals surface area contributed by atoms with Gasteiger partial charge in [-0.3, -0.25) is 0 Å². The van der Waals surface area contributed by atoms with E-state index in [-0.39, 0.29) is 13.2 Å². The largest absolute Gasteiger partial charge is 0.392 e. The Balaban J connectivity index is 1.34. The second-order valence-electron chi connectivity index (χ2n) is 16.9. The number of H-pyrrole nitrogens is 2. The molecule has 56 heavy (non-hydrogen) atoms. The summed E-state index contributed by atoms with van der Waals surface area (Å²) in [5.74, 6) is 0. The van der Waals surface area contributed by atoms with E-state index in [0.29, 0.717) is 0 Å². The van der Waals surface area contributed by atoms with Crippen molar-refractivity contribution in [2.24, 2.45) is 0 Å². The van der Waals surface area contributed by atoms with E-state index in [4.69, 9.17) is 9.97 Å². The van der Waals surface area contributed by atoms with E-state index in [1.54, 1.807) is 0 Å². The van der Waals surface area contributed by atoms with E-state index in [1.165, 1.54) is 129 Å². The number of allylic oxidation sites excluding steroid dienone is 4. The number of hydrogen-bond donors (Lipinski definition) is 4. The minimum Gasteiger partial charge on any atom is -0.392 e. The molecule has 8 bridgehead atoms. The zero-order valence-corrected chi connectivity index (χ0v) is 32.3. The minimum atomic E-state index is 0.0277. The third-order valence-electron chi connectivity index (χ3n) is 13.7. The van der Waals surface area contributed by atoms with Crippen molar-refractivity contribution in [3.8, 4) is 22.3 Å². The van der Waals surface area contributed by atoms with Crippen LogP contribution >= 0.6 is 0 Å². The summed E-state index contributed by atoms with van der Waals surface area (Å²) >= 11 is 0. The Hall–Kier alpha value is -5.04. The topological polar surface area (TPSA) is 97.8 Å². The molecule has 3 aromatic heterocycles. The first-order valence-corrected chi connectivity index (χ1v) is 21.4. The van der Waals surface area contributed by atoms with Gasteiger partial charge in [0.15, 0.2) is 0 Å². The molecule has 2 aromatic carbocycles. The van der Waals surface area contributed by atoms with Crippen LogP contribution in [0.1, 0.15) is 133 Å². The van der Waals surface area contributed by atoms with Crippen LogP contribution in [0.5, 0.6) is 0 Å². The van der Waals surface area contributed by atoms with E-state index in [9.17, 15) is 10.2 Å². The molecular formula is C50H50N4O2. The quantitative estimate of drug-likeness (QED) is 0.148. The van der Waals surface area contributed by atoms with Crippen LogP contribution in [0, 0.1) is 0 Å². The second-order valence-corrected chi connectivity index (χ2v) is 16.9. The molecule has 282 valence electrons. The zero-order valence-electron chi connectivity index (χ0n) is 32.3. The lowest BCUT2D eigenvalue weighted by atomic mass is 9.84. The van der Waals surface area contributed by atoms with Gasteiger partial charge in [0.1, 0.15) is 0 Å². The highest BCUT2D eigenvalue weighted by atomic mass is 16.3. The third-order valence-corrected chi connectivity index (χ3v) is 13.7. The maximum absolute atomic E-state index is 10.0. The molecule has 0 unspecified atom stereocenters. The smallest absolute Gasteiger partial charge is 0.0772 e. The Morgan fingerprint density at radius 2 is 0.804 bits per heavy atom. The summed E-state index contributed by atoms with van der Waals surface area (Å²) < 4.78 is 0. The van der Waals surface area contributed by atoms with E-state index in [1.807, 2.05) is 0 Å². The lowest BCUT2D eigenvalue weighted by Crippen LogP contribution is -2.01. The van der Waals surface area contributed by atoms with Crippen LogP contribution in [-0.2, 0) is 38.9 Å². The predicted octanol–water partition coefficient (Wildman–Crippen LogP) is 11.4. The number of aromatic amines is 2. The second kappa shape index (κ2) is 13.9. The van der Waals surface area contributed by atoms with Crippen LogP contribution in [0.2, 0.25) is 0 Å². The normalized spacial score (nSPS) is 17.8. The van der Waals surface area contributed by atoms with Crippen molar-refractivity contribution in [1.82, 2.24) is 19.9 Å². The number of fused-ring (bicyclic) bond motifs is 18. The van der Waals surface area contributed by atoms with Crippen LogP contribution < -0.4 is 0 Å².